The molecular formula is C13H17FN2O. The van der Waals surface area contributed by atoms with E-state index >= 15 is 0 Å². The van der Waals surface area contributed by atoms with Crippen LogP contribution < -0.4 is 10.6 Å². The first-order valence-corrected chi connectivity index (χ1v) is 5.93. The number of carbonyl (C=O) groups is 1. The largest absolute Gasteiger partial charge is 0.326 e. The first-order valence-electron chi connectivity index (χ1n) is 5.93. The standard InChI is InChI=1S/C13H17FN2O/c14-13(7-4-8-15-10-13)9-12(17)16-11-5-2-1-3-6-11/h1-3,5-6,15H,4,7-10H2,(H,16,17). The Morgan fingerprint density at radius 3 is 2.82 bits per heavy atom. The molecule has 4 heteroatoms. The normalized spacial score (nSPS) is 24.3. The zero-order chi connectivity index (χ0) is 12.1. The minimum atomic E-state index is -1.39. The van der Waals surface area contributed by atoms with Crippen LogP contribution in [0.15, 0.2) is 30.3 Å². The van der Waals surface area contributed by atoms with Crippen molar-refractivity contribution in [3.8, 4) is 0 Å². The summed E-state index contributed by atoms with van der Waals surface area (Å²) in [5.74, 6) is -0.262. The summed E-state index contributed by atoms with van der Waals surface area (Å²) >= 11 is 0. The molecule has 3 nitrogen and oxygen atoms in total. The number of carbonyl (C=O) groups excluding carboxylic acids is 1. The van der Waals surface area contributed by atoms with E-state index in [0.29, 0.717) is 12.1 Å². The van der Waals surface area contributed by atoms with Crippen LogP contribution in [0.5, 0.6) is 0 Å². The Balaban J connectivity index is 1.88. The third kappa shape index (κ3) is 3.53. The average molecular weight is 236 g/mol. The average Bonchev–Trinajstić information content (AvgIpc) is 2.30. The number of hydrogen-bond donors (Lipinski definition) is 2. The first kappa shape index (κ1) is 12.0. The molecule has 0 saturated carbocycles. The number of piperidine rings is 1. The Labute approximate surface area is 100 Å². The second kappa shape index (κ2) is 5.27. The van der Waals surface area contributed by atoms with Crippen molar-refractivity contribution in [1.82, 2.24) is 5.32 Å². The minimum absolute atomic E-state index is 0.0745. The topological polar surface area (TPSA) is 41.1 Å². The fourth-order valence-electron chi connectivity index (χ4n) is 2.10. The highest BCUT2D eigenvalue weighted by molar-refractivity contribution is 5.91. The van der Waals surface area contributed by atoms with E-state index in [1.165, 1.54) is 0 Å². The van der Waals surface area contributed by atoms with Crippen molar-refractivity contribution in [3.63, 3.8) is 0 Å². The smallest absolute Gasteiger partial charge is 0.227 e. The van der Waals surface area contributed by atoms with E-state index in [2.05, 4.69) is 10.6 Å². The quantitative estimate of drug-likeness (QED) is 0.844. The third-order valence-corrected chi connectivity index (χ3v) is 2.96. The molecule has 17 heavy (non-hydrogen) atoms. The Morgan fingerprint density at radius 1 is 1.41 bits per heavy atom. The summed E-state index contributed by atoms with van der Waals surface area (Å²) in [6.45, 7) is 1.11. The molecule has 0 bridgehead atoms. The summed E-state index contributed by atoms with van der Waals surface area (Å²) in [7, 11) is 0. The number of halogens is 1. The molecule has 1 atom stereocenters. The van der Waals surface area contributed by atoms with E-state index in [9.17, 15) is 9.18 Å². The van der Waals surface area contributed by atoms with Crippen LogP contribution in [0.1, 0.15) is 19.3 Å². The second-order valence-electron chi connectivity index (χ2n) is 4.52. The van der Waals surface area contributed by atoms with Crippen LogP contribution in [0.3, 0.4) is 0 Å². The maximum atomic E-state index is 14.2. The predicted octanol–water partition coefficient (Wildman–Crippen LogP) is 2.11. The van der Waals surface area contributed by atoms with Crippen molar-refractivity contribution in [3.05, 3.63) is 30.3 Å². The maximum absolute atomic E-state index is 14.2. The van der Waals surface area contributed by atoms with Gasteiger partial charge >= 0.3 is 0 Å². The van der Waals surface area contributed by atoms with Gasteiger partial charge in [-0.3, -0.25) is 4.79 Å². The van der Waals surface area contributed by atoms with E-state index in [4.69, 9.17) is 0 Å². The summed E-state index contributed by atoms with van der Waals surface area (Å²) in [4.78, 5) is 11.7. The lowest BCUT2D eigenvalue weighted by Crippen LogP contribution is -2.44. The fourth-order valence-corrected chi connectivity index (χ4v) is 2.10. The van der Waals surface area contributed by atoms with Gasteiger partial charge in [-0.15, -0.1) is 0 Å². The van der Waals surface area contributed by atoms with Gasteiger partial charge in [-0.1, -0.05) is 18.2 Å². The zero-order valence-corrected chi connectivity index (χ0v) is 9.71. The summed E-state index contributed by atoms with van der Waals surface area (Å²) in [6, 6.07) is 9.13. The molecule has 1 aliphatic heterocycles. The number of amides is 1. The molecule has 1 heterocycles. The lowest BCUT2D eigenvalue weighted by atomic mass is 9.92. The summed E-state index contributed by atoms with van der Waals surface area (Å²) < 4.78 is 14.2. The molecule has 92 valence electrons. The van der Waals surface area contributed by atoms with E-state index in [1.54, 1.807) is 12.1 Å². The van der Waals surface area contributed by atoms with Crippen LogP contribution in [0, 0.1) is 0 Å². The van der Waals surface area contributed by atoms with Crippen LogP contribution in [0.2, 0.25) is 0 Å². The summed E-state index contributed by atoms with van der Waals surface area (Å²) in [5.41, 5.74) is -0.679. The first-order chi connectivity index (χ1) is 8.18. The molecule has 1 fully saturated rings. The van der Waals surface area contributed by atoms with Crippen LogP contribution in [-0.2, 0) is 4.79 Å². The van der Waals surface area contributed by atoms with Crippen LogP contribution in [0.4, 0.5) is 10.1 Å². The minimum Gasteiger partial charge on any atom is -0.326 e. The Kier molecular flexibility index (Phi) is 3.74. The van der Waals surface area contributed by atoms with E-state index in [0.717, 1.165) is 13.0 Å². The highest BCUT2D eigenvalue weighted by Crippen LogP contribution is 2.25. The van der Waals surface area contributed by atoms with Gasteiger partial charge in [-0.25, -0.2) is 4.39 Å². The van der Waals surface area contributed by atoms with Gasteiger partial charge in [0.05, 0.1) is 6.42 Å². The van der Waals surface area contributed by atoms with Crippen molar-refractivity contribution in [2.24, 2.45) is 0 Å². The monoisotopic (exact) mass is 236 g/mol. The molecule has 0 aliphatic carbocycles. The Morgan fingerprint density at radius 2 is 2.18 bits per heavy atom. The summed E-state index contributed by atoms with van der Waals surface area (Å²) in [5, 5.41) is 5.70. The lowest BCUT2D eigenvalue weighted by Gasteiger charge is -2.29. The number of anilines is 1. The van der Waals surface area contributed by atoms with Crippen molar-refractivity contribution < 1.29 is 9.18 Å². The van der Waals surface area contributed by atoms with Crippen molar-refractivity contribution >= 4 is 11.6 Å². The molecule has 1 aliphatic rings. The fraction of sp³-hybridized carbons (Fsp3) is 0.462. The second-order valence-corrected chi connectivity index (χ2v) is 4.52. The van der Waals surface area contributed by atoms with Gasteiger partial charge in [0, 0.05) is 12.2 Å². The SMILES string of the molecule is O=C(CC1(F)CCCNC1)Nc1ccccc1. The maximum Gasteiger partial charge on any atom is 0.227 e. The van der Waals surface area contributed by atoms with Gasteiger partial charge in [0.25, 0.3) is 0 Å². The van der Waals surface area contributed by atoms with Crippen LogP contribution >= 0.6 is 0 Å². The number of hydrogen-bond acceptors (Lipinski definition) is 2. The molecule has 0 spiro atoms. The van der Waals surface area contributed by atoms with Gasteiger partial charge in [0.15, 0.2) is 0 Å². The highest BCUT2D eigenvalue weighted by Gasteiger charge is 2.34. The number of rotatable bonds is 3. The lowest BCUT2D eigenvalue weighted by molar-refractivity contribution is -0.119. The Bertz CT molecular complexity index is 374. The molecular weight excluding hydrogens is 219 g/mol. The Hall–Kier alpha value is -1.42. The summed E-state index contributed by atoms with van der Waals surface area (Å²) in [6.07, 6.45) is 1.17. The highest BCUT2D eigenvalue weighted by atomic mass is 19.1. The molecule has 1 saturated heterocycles. The number of benzene rings is 1. The number of alkyl halides is 1. The van der Waals surface area contributed by atoms with Crippen molar-refractivity contribution in [2.75, 3.05) is 18.4 Å². The number of nitrogens with one attached hydrogen (secondary N) is 2. The zero-order valence-electron chi connectivity index (χ0n) is 9.71. The van der Waals surface area contributed by atoms with Gasteiger partial charge in [-0.2, -0.15) is 0 Å². The van der Waals surface area contributed by atoms with Gasteiger partial charge in [0.1, 0.15) is 5.67 Å². The van der Waals surface area contributed by atoms with Gasteiger partial charge in [-0.05, 0) is 31.5 Å². The molecule has 1 unspecified atom stereocenters. The third-order valence-electron chi connectivity index (χ3n) is 2.96. The molecule has 0 radical (unpaired) electrons. The number of para-hydroxylation sites is 1. The van der Waals surface area contributed by atoms with Crippen molar-refractivity contribution in [2.45, 2.75) is 24.9 Å². The molecule has 1 amide bonds. The predicted molar refractivity (Wildman–Crippen MR) is 65.6 cm³/mol. The molecule has 1 aromatic rings. The molecule has 2 N–H and O–H groups in total. The molecule has 1 aromatic carbocycles. The molecule has 0 aromatic heterocycles. The molecule has 2 rings (SSSR count). The van der Waals surface area contributed by atoms with E-state index in [1.807, 2.05) is 18.2 Å². The van der Waals surface area contributed by atoms with Crippen LogP contribution in [-0.4, -0.2) is 24.7 Å². The van der Waals surface area contributed by atoms with Gasteiger partial charge in [0.2, 0.25) is 5.91 Å². The van der Waals surface area contributed by atoms with Crippen LogP contribution in [0.25, 0.3) is 0 Å². The van der Waals surface area contributed by atoms with E-state index in [-0.39, 0.29) is 18.9 Å². The van der Waals surface area contributed by atoms with Gasteiger partial charge < -0.3 is 10.6 Å². The van der Waals surface area contributed by atoms with Crippen molar-refractivity contribution in [1.29, 1.82) is 0 Å². The van der Waals surface area contributed by atoms with E-state index < -0.39 is 5.67 Å².